The molecule has 0 saturated carbocycles. The van der Waals surface area contributed by atoms with E-state index < -0.39 is 21.6 Å². The number of anilines is 1. The molecule has 1 fully saturated rings. The molecule has 216 valence electrons. The average Bonchev–Trinajstić information content (AvgIpc) is 3.08. The first-order valence-corrected chi connectivity index (χ1v) is 15.9. The summed E-state index contributed by atoms with van der Waals surface area (Å²) in [5.74, 6) is 0.552. The number of likely N-dealkylation sites (tertiary alicyclic amines) is 1. The summed E-state index contributed by atoms with van der Waals surface area (Å²) in [4.78, 5) is 28.7. The predicted molar refractivity (Wildman–Crippen MR) is 155 cm³/mol. The van der Waals surface area contributed by atoms with Gasteiger partial charge in [-0.05, 0) is 75.1 Å². The van der Waals surface area contributed by atoms with Crippen molar-refractivity contribution in [3.05, 3.63) is 59.7 Å². The Hall–Kier alpha value is -3.11. The van der Waals surface area contributed by atoms with Gasteiger partial charge < -0.3 is 20.7 Å². The van der Waals surface area contributed by atoms with Gasteiger partial charge >= 0.3 is 0 Å². The van der Waals surface area contributed by atoms with Crippen LogP contribution >= 0.6 is 0 Å². The third-order valence-electron chi connectivity index (χ3n) is 8.65. The zero-order chi connectivity index (χ0) is 28.7. The Balaban J connectivity index is 1.33. The molecule has 9 nitrogen and oxygen atoms in total. The van der Waals surface area contributed by atoms with E-state index in [1.54, 1.807) is 13.8 Å². The second-order valence-electron chi connectivity index (χ2n) is 12.2. The van der Waals surface area contributed by atoms with Crippen molar-refractivity contribution in [2.24, 2.45) is 11.7 Å². The minimum Gasteiger partial charge on any atom is -0.493 e. The highest BCUT2D eigenvalue weighted by molar-refractivity contribution is 7.92. The van der Waals surface area contributed by atoms with E-state index in [-0.39, 0.29) is 23.1 Å². The Morgan fingerprint density at radius 3 is 2.50 bits per heavy atom. The van der Waals surface area contributed by atoms with Gasteiger partial charge in [0.1, 0.15) is 11.8 Å². The summed E-state index contributed by atoms with van der Waals surface area (Å²) in [5.41, 5.74) is 7.50. The van der Waals surface area contributed by atoms with Crippen molar-refractivity contribution >= 4 is 27.5 Å². The van der Waals surface area contributed by atoms with Crippen LogP contribution in [0.15, 0.2) is 48.5 Å². The third kappa shape index (κ3) is 5.69. The Morgan fingerprint density at radius 1 is 1.12 bits per heavy atom. The Bertz CT molecular complexity index is 1380. The fourth-order valence-electron chi connectivity index (χ4n) is 6.35. The van der Waals surface area contributed by atoms with Crippen LogP contribution in [0.2, 0.25) is 0 Å². The number of hydrogen-bond acceptors (Lipinski definition) is 6. The molecule has 0 aliphatic carbocycles. The van der Waals surface area contributed by atoms with Crippen molar-refractivity contribution in [3.63, 3.8) is 0 Å². The molecule has 3 heterocycles. The van der Waals surface area contributed by atoms with E-state index in [9.17, 15) is 18.0 Å². The van der Waals surface area contributed by atoms with Crippen molar-refractivity contribution in [2.45, 2.75) is 62.9 Å². The van der Waals surface area contributed by atoms with Gasteiger partial charge in [-0.15, -0.1) is 0 Å². The lowest BCUT2D eigenvalue weighted by Gasteiger charge is -2.41. The summed E-state index contributed by atoms with van der Waals surface area (Å²) < 4.78 is 32.6. The molecule has 2 aromatic carbocycles. The minimum absolute atomic E-state index is 0.114. The molecule has 1 saturated heterocycles. The number of hydrogen-bond donors (Lipinski definition) is 2. The zero-order valence-corrected chi connectivity index (χ0v) is 24.4. The lowest BCUT2D eigenvalue weighted by molar-refractivity contribution is -0.139. The number of nitrogens with zero attached hydrogens (tertiary/aromatic N) is 2. The number of nitrogens with one attached hydrogen (secondary N) is 1. The van der Waals surface area contributed by atoms with Gasteiger partial charge in [-0.2, -0.15) is 0 Å². The molecule has 3 aliphatic rings. The van der Waals surface area contributed by atoms with Gasteiger partial charge in [0, 0.05) is 25.0 Å². The lowest BCUT2D eigenvalue weighted by Crippen LogP contribution is -2.58. The highest BCUT2D eigenvalue weighted by atomic mass is 32.2. The first-order valence-electron chi connectivity index (χ1n) is 14.0. The number of carbonyl (C=O) groups excluding carboxylic acids is 2. The Labute approximate surface area is 237 Å². The molecule has 0 unspecified atom stereocenters. The van der Waals surface area contributed by atoms with Crippen molar-refractivity contribution in [2.75, 3.05) is 36.8 Å². The van der Waals surface area contributed by atoms with Crippen LogP contribution in [-0.4, -0.2) is 69.2 Å². The second-order valence-corrected chi connectivity index (χ2v) is 14.1. The highest BCUT2D eigenvalue weighted by Crippen LogP contribution is 2.48. The number of carbonyl (C=O) groups is 2. The summed E-state index contributed by atoms with van der Waals surface area (Å²) >= 11 is 0. The maximum atomic E-state index is 14.0. The molecule has 0 aromatic heterocycles. The summed E-state index contributed by atoms with van der Waals surface area (Å²) in [6.45, 7) is 5.18. The van der Waals surface area contributed by atoms with Crippen molar-refractivity contribution in [1.29, 1.82) is 0 Å². The number of fused-ring (bicyclic) bond motifs is 3. The van der Waals surface area contributed by atoms with Gasteiger partial charge in [0.15, 0.2) is 0 Å². The molecular weight excluding hydrogens is 528 g/mol. The van der Waals surface area contributed by atoms with E-state index in [0.29, 0.717) is 45.5 Å². The summed E-state index contributed by atoms with van der Waals surface area (Å²) in [7, 11) is -3.42. The molecule has 2 aromatic rings. The van der Waals surface area contributed by atoms with Gasteiger partial charge in [0.25, 0.3) is 0 Å². The van der Waals surface area contributed by atoms with Crippen LogP contribution in [0.3, 0.4) is 0 Å². The number of benzene rings is 2. The van der Waals surface area contributed by atoms with Crippen molar-refractivity contribution in [3.8, 4) is 5.75 Å². The average molecular weight is 569 g/mol. The number of rotatable bonds is 6. The van der Waals surface area contributed by atoms with Gasteiger partial charge in [-0.25, -0.2) is 8.42 Å². The number of nitrogens with two attached hydrogens (primary N) is 1. The van der Waals surface area contributed by atoms with Gasteiger partial charge in [-0.1, -0.05) is 36.4 Å². The Morgan fingerprint density at radius 2 is 1.80 bits per heavy atom. The fourth-order valence-corrected chi connectivity index (χ4v) is 7.34. The summed E-state index contributed by atoms with van der Waals surface area (Å²) in [5, 5.41) is 2.97. The first-order chi connectivity index (χ1) is 18.9. The first kappa shape index (κ1) is 28.4. The van der Waals surface area contributed by atoms with Crippen LogP contribution in [-0.2, 0) is 31.4 Å². The zero-order valence-electron chi connectivity index (χ0n) is 23.6. The largest absolute Gasteiger partial charge is 0.493 e. The smallest absolute Gasteiger partial charge is 0.245 e. The molecule has 10 heteroatoms. The monoisotopic (exact) mass is 568 g/mol. The van der Waals surface area contributed by atoms with Crippen LogP contribution in [0, 0.1) is 5.92 Å². The maximum absolute atomic E-state index is 14.0. The van der Waals surface area contributed by atoms with Gasteiger partial charge in [-0.3, -0.25) is 13.9 Å². The Kier molecular flexibility index (Phi) is 7.60. The predicted octanol–water partition coefficient (Wildman–Crippen LogP) is 2.58. The van der Waals surface area contributed by atoms with E-state index >= 15 is 0 Å². The van der Waals surface area contributed by atoms with Crippen LogP contribution in [0.4, 0.5) is 5.69 Å². The van der Waals surface area contributed by atoms with Gasteiger partial charge in [0.2, 0.25) is 21.8 Å². The molecule has 0 bridgehead atoms. The number of amides is 2. The number of para-hydroxylation sites is 2. The molecule has 5 rings (SSSR count). The molecule has 2 atom stereocenters. The lowest BCUT2D eigenvalue weighted by atomic mass is 9.74. The van der Waals surface area contributed by atoms with Gasteiger partial charge in [0.05, 0.1) is 24.1 Å². The van der Waals surface area contributed by atoms with Crippen LogP contribution in [0.1, 0.15) is 50.7 Å². The standard InChI is InChI=1S/C30H40N4O5S/c1-29(2,31)28(36)32-24(19-21-12-17-39-26-11-7-4-8-22(26)18-21)27(35)33-15-13-30(14-16-33)20-34(40(3,37)38)25-10-6-5-9-23(25)30/h4-11,21,24H,12-20,31H2,1-3H3,(H,32,36)/t21-,24-/m0/s1. The molecule has 3 aliphatic heterocycles. The van der Waals surface area contributed by atoms with Crippen LogP contribution in [0.5, 0.6) is 5.75 Å². The third-order valence-corrected chi connectivity index (χ3v) is 9.77. The highest BCUT2D eigenvalue weighted by Gasteiger charge is 2.48. The fraction of sp³-hybridized carbons (Fsp3) is 0.533. The minimum atomic E-state index is -3.42. The molecule has 3 N–H and O–H groups in total. The number of piperidine rings is 1. The topological polar surface area (TPSA) is 122 Å². The van der Waals surface area contributed by atoms with E-state index in [0.717, 1.165) is 35.4 Å². The molecule has 40 heavy (non-hydrogen) atoms. The second kappa shape index (κ2) is 10.7. The molecule has 2 amide bonds. The van der Waals surface area contributed by atoms with Crippen molar-refractivity contribution in [1.82, 2.24) is 10.2 Å². The molecule has 1 spiro atoms. The van der Waals surface area contributed by atoms with E-state index in [1.807, 2.05) is 47.4 Å². The van der Waals surface area contributed by atoms with Crippen LogP contribution < -0.4 is 20.1 Å². The number of ether oxygens (including phenoxy) is 1. The van der Waals surface area contributed by atoms with E-state index in [4.69, 9.17) is 10.5 Å². The molecule has 0 radical (unpaired) electrons. The maximum Gasteiger partial charge on any atom is 0.245 e. The van der Waals surface area contributed by atoms with Crippen LogP contribution in [0.25, 0.3) is 0 Å². The van der Waals surface area contributed by atoms with Crippen molar-refractivity contribution < 1.29 is 22.7 Å². The summed E-state index contributed by atoms with van der Waals surface area (Å²) in [6, 6.07) is 14.9. The molecular formula is C30H40N4O5S. The normalized spacial score (nSPS) is 21.1. The number of sulfonamides is 1. The van der Waals surface area contributed by atoms with E-state index in [2.05, 4.69) is 11.4 Å². The van der Waals surface area contributed by atoms with E-state index in [1.165, 1.54) is 10.6 Å². The SMILES string of the molecule is CC(C)(N)C(=O)N[C@@H](C[C@H]1CCOc2ccccc2C1)C(=O)N1CCC2(CC1)CN(S(C)(=O)=O)c1ccccc12. The quantitative estimate of drug-likeness (QED) is 0.553. The summed E-state index contributed by atoms with van der Waals surface area (Å²) in [6.07, 6.45) is 4.57.